The summed E-state index contributed by atoms with van der Waals surface area (Å²) < 4.78 is 22.4. The molecule has 200 valence electrons. The molecule has 38 heavy (non-hydrogen) atoms. The number of benzene rings is 3. The molecule has 3 aromatic carbocycles. The van der Waals surface area contributed by atoms with Gasteiger partial charge in [-0.15, -0.1) is 0 Å². The number of anilines is 1. The first-order valence-corrected chi connectivity index (χ1v) is 13.2. The highest BCUT2D eigenvalue weighted by atomic mass is 35.5. The second-order valence-corrected chi connectivity index (χ2v) is 9.68. The lowest BCUT2D eigenvalue weighted by Gasteiger charge is -2.39. The van der Waals surface area contributed by atoms with E-state index in [4.69, 9.17) is 54.4 Å². The molecule has 10 heteroatoms. The van der Waals surface area contributed by atoms with Crippen molar-refractivity contribution in [3.8, 4) is 17.2 Å². The van der Waals surface area contributed by atoms with Crippen LogP contribution in [0.5, 0.6) is 17.2 Å². The minimum Gasteiger partial charge on any atom is -0.493 e. The van der Waals surface area contributed by atoms with Gasteiger partial charge in [-0.1, -0.05) is 23.2 Å². The number of carbonyl (C=O) groups excluding carboxylic acids is 1. The molecule has 1 aliphatic rings. The van der Waals surface area contributed by atoms with Crippen LogP contribution in [0.15, 0.2) is 54.6 Å². The molecule has 0 radical (unpaired) electrons. The van der Waals surface area contributed by atoms with Gasteiger partial charge in [-0.05, 0) is 91.3 Å². The van der Waals surface area contributed by atoms with Gasteiger partial charge in [0.15, 0.2) is 16.6 Å². The normalized spacial score (nSPS) is 14.3. The zero-order valence-corrected chi connectivity index (χ0v) is 23.6. The average molecular weight is 576 g/mol. The lowest BCUT2D eigenvalue weighted by atomic mass is 9.92. The lowest BCUT2D eigenvalue weighted by Crippen LogP contribution is -2.44. The molecule has 1 atom stereocenters. The van der Waals surface area contributed by atoms with E-state index in [0.29, 0.717) is 57.7 Å². The third kappa shape index (κ3) is 6.26. The van der Waals surface area contributed by atoms with Crippen LogP contribution in [0, 0.1) is 0 Å². The Hall–Kier alpha value is -3.20. The smallest absolute Gasteiger partial charge is 0.338 e. The van der Waals surface area contributed by atoms with Crippen LogP contribution in [0.2, 0.25) is 10.0 Å². The van der Waals surface area contributed by atoms with Crippen molar-refractivity contribution in [2.75, 3.05) is 39.3 Å². The molecule has 0 saturated heterocycles. The van der Waals surface area contributed by atoms with Crippen molar-refractivity contribution in [3.05, 3.63) is 81.3 Å². The fraction of sp³-hybridized carbons (Fsp3) is 0.286. The van der Waals surface area contributed by atoms with Crippen LogP contribution in [0.4, 0.5) is 5.69 Å². The van der Waals surface area contributed by atoms with Crippen LogP contribution < -0.4 is 19.5 Å². The molecule has 4 rings (SSSR count). The van der Waals surface area contributed by atoms with Crippen LogP contribution in [0.1, 0.15) is 34.5 Å². The van der Waals surface area contributed by atoms with Gasteiger partial charge in [0.05, 0.1) is 42.5 Å². The molecule has 0 aliphatic carbocycles. The molecular weight excluding hydrogens is 547 g/mol. The van der Waals surface area contributed by atoms with E-state index in [1.807, 2.05) is 18.2 Å². The molecule has 1 aliphatic heterocycles. The van der Waals surface area contributed by atoms with Gasteiger partial charge in [0.1, 0.15) is 12.4 Å². The number of carbonyl (C=O) groups is 1. The van der Waals surface area contributed by atoms with Gasteiger partial charge in [-0.3, -0.25) is 0 Å². The number of nitrogens with zero attached hydrogens (tertiary/aromatic N) is 1. The van der Waals surface area contributed by atoms with E-state index in [0.717, 1.165) is 23.2 Å². The van der Waals surface area contributed by atoms with Gasteiger partial charge in [-0.2, -0.15) is 0 Å². The monoisotopic (exact) mass is 574 g/mol. The molecule has 0 spiro atoms. The lowest BCUT2D eigenvalue weighted by molar-refractivity contribution is 0.0526. The maximum Gasteiger partial charge on any atom is 0.338 e. The Bertz CT molecular complexity index is 1320. The van der Waals surface area contributed by atoms with E-state index in [1.54, 1.807) is 57.5 Å². The SMILES string of the molecule is CCOC(=O)c1ccc(OC[C@H]2c3cc(OC)c(OC)cc3CCN2C(=S)Nc2ccc(Cl)c(Cl)c2)cc1. The molecule has 0 fully saturated rings. The topological polar surface area (TPSA) is 69.3 Å². The highest BCUT2D eigenvalue weighted by Gasteiger charge is 2.31. The van der Waals surface area contributed by atoms with Gasteiger partial charge in [0, 0.05) is 12.2 Å². The number of methoxy groups -OCH3 is 2. The molecular formula is C28H28Cl2N2O5S. The summed E-state index contributed by atoms with van der Waals surface area (Å²) in [6.07, 6.45) is 0.754. The fourth-order valence-electron chi connectivity index (χ4n) is 4.30. The molecule has 0 unspecified atom stereocenters. The summed E-state index contributed by atoms with van der Waals surface area (Å²) in [6, 6.07) is 15.9. The van der Waals surface area contributed by atoms with Gasteiger partial charge < -0.3 is 29.2 Å². The van der Waals surface area contributed by atoms with Crippen LogP contribution >= 0.6 is 35.4 Å². The average Bonchev–Trinajstić information content (AvgIpc) is 2.93. The van der Waals surface area contributed by atoms with Gasteiger partial charge in [0.25, 0.3) is 0 Å². The number of hydrogen-bond donors (Lipinski definition) is 1. The first-order valence-electron chi connectivity index (χ1n) is 12.0. The number of esters is 1. The number of nitrogens with one attached hydrogen (secondary N) is 1. The molecule has 0 saturated carbocycles. The Labute approximate surface area is 237 Å². The number of hydrogen-bond acceptors (Lipinski definition) is 6. The standard InChI is InChI=1S/C28H28Cl2N2O5S/c1-4-36-27(33)17-5-8-20(9-6-17)37-16-24-21-15-26(35-3)25(34-2)13-18(21)11-12-32(24)28(38)31-19-7-10-22(29)23(30)14-19/h5-10,13-15,24H,4,11-12,16H2,1-3H3,(H,31,38)/t24-/m0/s1. The summed E-state index contributed by atoms with van der Waals surface area (Å²) in [7, 11) is 3.23. The predicted octanol–water partition coefficient (Wildman–Crippen LogP) is 6.56. The minimum absolute atomic E-state index is 0.230. The summed E-state index contributed by atoms with van der Waals surface area (Å²) in [5.74, 6) is 1.55. The minimum atomic E-state index is -0.369. The van der Waals surface area contributed by atoms with Crippen LogP contribution in [-0.4, -0.2) is 50.0 Å². The van der Waals surface area contributed by atoms with Crippen molar-refractivity contribution in [1.82, 2.24) is 4.90 Å². The Morgan fingerprint density at radius 1 is 1.03 bits per heavy atom. The van der Waals surface area contributed by atoms with Gasteiger partial charge in [0.2, 0.25) is 0 Å². The van der Waals surface area contributed by atoms with Crippen molar-refractivity contribution in [2.24, 2.45) is 0 Å². The second kappa shape index (κ2) is 12.6. The Kier molecular flexibility index (Phi) is 9.20. The summed E-state index contributed by atoms with van der Waals surface area (Å²) in [6.45, 7) is 3.04. The van der Waals surface area contributed by atoms with E-state index in [-0.39, 0.29) is 12.0 Å². The summed E-state index contributed by atoms with van der Waals surface area (Å²) in [5.41, 5.74) is 3.35. The zero-order valence-electron chi connectivity index (χ0n) is 21.3. The largest absolute Gasteiger partial charge is 0.493 e. The number of rotatable bonds is 8. The third-order valence-corrected chi connectivity index (χ3v) is 7.28. The molecule has 0 amide bonds. The van der Waals surface area contributed by atoms with Crippen LogP contribution in [0.25, 0.3) is 0 Å². The van der Waals surface area contributed by atoms with Crippen molar-refractivity contribution in [3.63, 3.8) is 0 Å². The van der Waals surface area contributed by atoms with Crippen molar-refractivity contribution in [2.45, 2.75) is 19.4 Å². The zero-order chi connectivity index (χ0) is 27.2. The highest BCUT2D eigenvalue weighted by molar-refractivity contribution is 7.80. The maximum atomic E-state index is 12.0. The predicted molar refractivity (Wildman–Crippen MR) is 153 cm³/mol. The number of ether oxygens (including phenoxy) is 4. The van der Waals surface area contributed by atoms with E-state index >= 15 is 0 Å². The Morgan fingerprint density at radius 2 is 1.74 bits per heavy atom. The van der Waals surface area contributed by atoms with Gasteiger partial charge >= 0.3 is 5.97 Å². The molecule has 0 bridgehead atoms. The quantitative estimate of drug-likeness (QED) is 0.239. The molecule has 7 nitrogen and oxygen atoms in total. The number of halogens is 2. The summed E-state index contributed by atoms with van der Waals surface area (Å²) in [5, 5.41) is 4.70. The summed E-state index contributed by atoms with van der Waals surface area (Å²) in [4.78, 5) is 14.1. The van der Waals surface area contributed by atoms with E-state index in [1.165, 1.54) is 0 Å². The fourth-order valence-corrected chi connectivity index (χ4v) is 4.93. The van der Waals surface area contributed by atoms with E-state index in [2.05, 4.69) is 10.2 Å². The molecule has 1 heterocycles. The summed E-state index contributed by atoms with van der Waals surface area (Å²) >= 11 is 18.1. The van der Waals surface area contributed by atoms with Crippen LogP contribution in [-0.2, 0) is 11.2 Å². The Morgan fingerprint density at radius 3 is 2.39 bits per heavy atom. The Balaban J connectivity index is 1.60. The van der Waals surface area contributed by atoms with Crippen LogP contribution in [0.3, 0.4) is 0 Å². The van der Waals surface area contributed by atoms with E-state index in [9.17, 15) is 4.79 Å². The van der Waals surface area contributed by atoms with E-state index < -0.39 is 0 Å². The third-order valence-electron chi connectivity index (χ3n) is 6.21. The maximum absolute atomic E-state index is 12.0. The molecule has 3 aromatic rings. The van der Waals surface area contributed by atoms with Gasteiger partial charge in [-0.25, -0.2) is 4.79 Å². The molecule has 1 N–H and O–H groups in total. The van der Waals surface area contributed by atoms with Crippen molar-refractivity contribution < 1.29 is 23.7 Å². The first-order chi connectivity index (χ1) is 18.3. The second-order valence-electron chi connectivity index (χ2n) is 8.48. The van der Waals surface area contributed by atoms with Crippen molar-refractivity contribution >= 4 is 52.2 Å². The highest BCUT2D eigenvalue weighted by Crippen LogP contribution is 2.39. The first kappa shape index (κ1) is 27.8. The number of thiocarbonyl (C=S) groups is 1. The van der Waals surface area contributed by atoms with Crippen molar-refractivity contribution in [1.29, 1.82) is 0 Å². The number of fused-ring (bicyclic) bond motifs is 1. The molecule has 0 aromatic heterocycles.